The van der Waals surface area contributed by atoms with Gasteiger partial charge in [-0.25, -0.2) is 9.18 Å². The van der Waals surface area contributed by atoms with E-state index in [-0.39, 0.29) is 12.5 Å². The SMILES string of the molecule is O=C(COc1cccc(F)c1)OCn1nnc2ccccc2c1=O. The first-order valence-corrected chi connectivity index (χ1v) is 7.00. The normalized spacial score (nSPS) is 10.5. The number of fused-ring (bicyclic) bond motifs is 1. The van der Waals surface area contributed by atoms with Gasteiger partial charge in [0.2, 0.25) is 0 Å². The van der Waals surface area contributed by atoms with Crippen LogP contribution in [0.2, 0.25) is 0 Å². The quantitative estimate of drug-likeness (QED) is 0.660. The van der Waals surface area contributed by atoms with Crippen molar-refractivity contribution in [1.29, 1.82) is 0 Å². The molecule has 0 aliphatic carbocycles. The topological polar surface area (TPSA) is 83.3 Å². The van der Waals surface area contributed by atoms with Gasteiger partial charge in [-0.2, -0.15) is 4.68 Å². The smallest absolute Gasteiger partial charge is 0.345 e. The van der Waals surface area contributed by atoms with Crippen LogP contribution in [0.1, 0.15) is 0 Å². The van der Waals surface area contributed by atoms with E-state index in [1.165, 1.54) is 18.2 Å². The molecule has 0 aliphatic rings. The molecule has 8 heteroatoms. The van der Waals surface area contributed by atoms with Crippen LogP contribution in [0.4, 0.5) is 4.39 Å². The molecule has 0 radical (unpaired) electrons. The Labute approximate surface area is 135 Å². The lowest BCUT2D eigenvalue weighted by molar-refractivity contribution is -0.150. The van der Waals surface area contributed by atoms with E-state index in [2.05, 4.69) is 10.3 Å². The van der Waals surface area contributed by atoms with Crippen molar-refractivity contribution < 1.29 is 18.7 Å². The molecule has 2 aromatic carbocycles. The fourth-order valence-corrected chi connectivity index (χ4v) is 1.98. The van der Waals surface area contributed by atoms with Crippen molar-refractivity contribution in [3.8, 4) is 5.75 Å². The summed E-state index contributed by atoms with van der Waals surface area (Å²) < 4.78 is 23.9. The second-order valence-corrected chi connectivity index (χ2v) is 4.80. The highest BCUT2D eigenvalue weighted by Crippen LogP contribution is 2.11. The predicted molar refractivity (Wildman–Crippen MR) is 81.8 cm³/mol. The zero-order valence-corrected chi connectivity index (χ0v) is 12.4. The van der Waals surface area contributed by atoms with Gasteiger partial charge in [-0.1, -0.05) is 23.4 Å². The Morgan fingerprint density at radius 2 is 2.00 bits per heavy atom. The van der Waals surface area contributed by atoms with Crippen molar-refractivity contribution in [2.24, 2.45) is 0 Å². The van der Waals surface area contributed by atoms with E-state index in [1.54, 1.807) is 24.3 Å². The van der Waals surface area contributed by atoms with Crippen LogP contribution in [0.25, 0.3) is 10.9 Å². The van der Waals surface area contributed by atoms with Crippen LogP contribution in [-0.2, 0) is 16.3 Å². The maximum absolute atomic E-state index is 13.0. The Hall–Kier alpha value is -3.29. The lowest BCUT2D eigenvalue weighted by Gasteiger charge is -2.08. The molecule has 3 rings (SSSR count). The van der Waals surface area contributed by atoms with Crippen molar-refractivity contribution >= 4 is 16.9 Å². The monoisotopic (exact) mass is 329 g/mol. The van der Waals surface area contributed by atoms with Gasteiger partial charge in [-0.3, -0.25) is 4.79 Å². The number of hydrogen-bond donors (Lipinski definition) is 0. The zero-order chi connectivity index (χ0) is 16.9. The summed E-state index contributed by atoms with van der Waals surface area (Å²) in [7, 11) is 0. The molecule has 0 unspecified atom stereocenters. The summed E-state index contributed by atoms with van der Waals surface area (Å²) in [6.45, 7) is -0.804. The fourth-order valence-electron chi connectivity index (χ4n) is 1.98. The molecule has 24 heavy (non-hydrogen) atoms. The van der Waals surface area contributed by atoms with E-state index in [9.17, 15) is 14.0 Å². The average Bonchev–Trinajstić information content (AvgIpc) is 2.60. The lowest BCUT2D eigenvalue weighted by Crippen LogP contribution is -2.27. The van der Waals surface area contributed by atoms with E-state index in [0.717, 1.165) is 10.7 Å². The molecule has 3 aromatic rings. The van der Waals surface area contributed by atoms with Gasteiger partial charge < -0.3 is 9.47 Å². The molecule has 0 aliphatic heterocycles. The van der Waals surface area contributed by atoms with Crippen LogP contribution < -0.4 is 10.3 Å². The van der Waals surface area contributed by atoms with Crippen LogP contribution >= 0.6 is 0 Å². The number of hydrogen-bond acceptors (Lipinski definition) is 6. The first-order valence-electron chi connectivity index (χ1n) is 7.00. The summed E-state index contributed by atoms with van der Waals surface area (Å²) in [6, 6.07) is 12.1. The largest absolute Gasteiger partial charge is 0.482 e. The molecule has 7 nitrogen and oxygen atoms in total. The molecule has 0 bridgehead atoms. The van der Waals surface area contributed by atoms with E-state index in [4.69, 9.17) is 9.47 Å². The molecule has 0 saturated carbocycles. The number of rotatable bonds is 5. The van der Waals surface area contributed by atoms with E-state index in [1.807, 2.05) is 0 Å². The number of benzene rings is 2. The first kappa shape index (κ1) is 15.6. The van der Waals surface area contributed by atoms with Gasteiger partial charge in [0.15, 0.2) is 13.3 Å². The molecular weight excluding hydrogens is 317 g/mol. The average molecular weight is 329 g/mol. The number of halogens is 1. The van der Waals surface area contributed by atoms with Gasteiger partial charge in [0, 0.05) is 6.07 Å². The number of aromatic nitrogens is 3. The van der Waals surface area contributed by atoms with Crippen molar-refractivity contribution in [3.05, 3.63) is 64.7 Å². The minimum Gasteiger partial charge on any atom is -0.482 e. The van der Waals surface area contributed by atoms with Gasteiger partial charge in [0.05, 0.1) is 5.39 Å². The van der Waals surface area contributed by atoms with Gasteiger partial charge in [0.1, 0.15) is 17.1 Å². The molecule has 0 N–H and O–H groups in total. The Morgan fingerprint density at radius 3 is 2.83 bits per heavy atom. The highest BCUT2D eigenvalue weighted by molar-refractivity contribution is 5.76. The maximum Gasteiger partial charge on any atom is 0.345 e. The molecule has 1 heterocycles. The standard InChI is InChI=1S/C16H12FN3O4/c17-11-4-3-5-12(8-11)23-9-15(21)24-10-20-16(22)13-6-1-2-7-14(13)18-19-20/h1-8H,9-10H2. The van der Waals surface area contributed by atoms with Crippen LogP contribution in [0.15, 0.2) is 53.3 Å². The van der Waals surface area contributed by atoms with E-state index in [0.29, 0.717) is 10.9 Å². The molecule has 0 atom stereocenters. The van der Waals surface area contributed by atoms with E-state index < -0.39 is 24.0 Å². The Kier molecular flexibility index (Phi) is 4.46. The highest BCUT2D eigenvalue weighted by Gasteiger charge is 2.09. The van der Waals surface area contributed by atoms with Crippen LogP contribution in [0.5, 0.6) is 5.75 Å². The molecular formula is C16H12FN3O4. The number of carbonyl (C=O) groups is 1. The Balaban J connectivity index is 1.60. The van der Waals surface area contributed by atoms with Crippen molar-refractivity contribution in [2.75, 3.05) is 6.61 Å². The third kappa shape index (κ3) is 3.54. The highest BCUT2D eigenvalue weighted by atomic mass is 19.1. The van der Waals surface area contributed by atoms with Crippen LogP contribution in [0, 0.1) is 5.82 Å². The fraction of sp³-hybridized carbons (Fsp3) is 0.125. The number of esters is 1. The summed E-state index contributed by atoms with van der Waals surface area (Å²) in [5.41, 5.74) is 0.0407. The Bertz CT molecular complexity index is 942. The van der Waals surface area contributed by atoms with Crippen molar-refractivity contribution in [3.63, 3.8) is 0 Å². The number of ether oxygens (including phenoxy) is 2. The molecule has 122 valence electrons. The molecule has 1 aromatic heterocycles. The molecule has 0 amide bonds. The number of nitrogens with zero attached hydrogens (tertiary/aromatic N) is 3. The summed E-state index contributed by atoms with van der Waals surface area (Å²) in [5, 5.41) is 7.94. The minimum absolute atomic E-state index is 0.203. The van der Waals surface area contributed by atoms with Gasteiger partial charge >= 0.3 is 5.97 Å². The molecule has 0 fully saturated rings. The minimum atomic E-state index is -0.721. The lowest BCUT2D eigenvalue weighted by atomic mass is 10.2. The molecule has 0 spiro atoms. The summed E-state index contributed by atoms with van der Waals surface area (Å²) in [5.74, 6) is -0.991. The third-order valence-corrected chi connectivity index (χ3v) is 3.13. The summed E-state index contributed by atoms with van der Waals surface area (Å²) in [6.07, 6.45) is 0. The van der Waals surface area contributed by atoms with Crippen LogP contribution in [0.3, 0.4) is 0 Å². The molecule has 0 saturated heterocycles. The summed E-state index contributed by atoms with van der Waals surface area (Å²) >= 11 is 0. The maximum atomic E-state index is 13.0. The van der Waals surface area contributed by atoms with Gasteiger partial charge in [0.25, 0.3) is 5.56 Å². The van der Waals surface area contributed by atoms with Crippen molar-refractivity contribution in [1.82, 2.24) is 15.0 Å². The summed E-state index contributed by atoms with van der Waals surface area (Å²) in [4.78, 5) is 23.8. The predicted octanol–water partition coefficient (Wildman–Crippen LogP) is 1.51. The first-order chi connectivity index (χ1) is 11.6. The van der Waals surface area contributed by atoms with Gasteiger partial charge in [-0.05, 0) is 24.3 Å². The van der Waals surface area contributed by atoms with Gasteiger partial charge in [-0.15, -0.1) is 5.10 Å². The van der Waals surface area contributed by atoms with Crippen molar-refractivity contribution in [2.45, 2.75) is 6.73 Å². The zero-order valence-electron chi connectivity index (χ0n) is 12.4. The Morgan fingerprint density at radius 1 is 1.17 bits per heavy atom. The second kappa shape index (κ2) is 6.86. The third-order valence-electron chi connectivity index (χ3n) is 3.13. The van der Waals surface area contributed by atoms with Crippen LogP contribution in [-0.4, -0.2) is 27.6 Å². The van der Waals surface area contributed by atoms with E-state index >= 15 is 0 Å². The number of carbonyl (C=O) groups excluding carboxylic acids is 1. The second-order valence-electron chi connectivity index (χ2n) is 4.80.